The maximum Gasteiger partial charge on any atom is 0.318 e. The van der Waals surface area contributed by atoms with Crippen LogP contribution in [0.25, 0.3) is 0 Å². The van der Waals surface area contributed by atoms with Crippen molar-refractivity contribution in [1.82, 2.24) is 15.2 Å². The lowest BCUT2D eigenvalue weighted by Gasteiger charge is -2.23. The number of urea groups is 1. The molecule has 25 heavy (non-hydrogen) atoms. The van der Waals surface area contributed by atoms with Gasteiger partial charge in [0.05, 0.1) is 23.4 Å². The third kappa shape index (κ3) is 5.20. The number of rotatable bonds is 7. The highest BCUT2D eigenvalue weighted by Gasteiger charge is 2.22. The van der Waals surface area contributed by atoms with Gasteiger partial charge in [0.2, 0.25) is 0 Å². The summed E-state index contributed by atoms with van der Waals surface area (Å²) in [6.07, 6.45) is 14.3. The number of carbonyl (C=O) groups excluding carboxylic acids is 1. The van der Waals surface area contributed by atoms with Crippen LogP contribution < -0.4 is 5.32 Å². The number of aromatic nitrogens is 1. The summed E-state index contributed by atoms with van der Waals surface area (Å²) in [7, 11) is 0. The van der Waals surface area contributed by atoms with Gasteiger partial charge in [-0.05, 0) is 44.9 Å². The molecule has 1 aliphatic carbocycles. The van der Waals surface area contributed by atoms with Gasteiger partial charge in [-0.15, -0.1) is 17.8 Å². The first kappa shape index (κ1) is 18.2. The minimum atomic E-state index is -0.0908. The minimum absolute atomic E-state index is 0.0908. The SMILES string of the molecule is C#CCN(C[C@@H]1CCCO1)C(=O)NCCCc1nc2c(s1)CCCC2. The molecule has 1 aromatic rings. The van der Waals surface area contributed by atoms with Gasteiger partial charge in [0.25, 0.3) is 0 Å². The summed E-state index contributed by atoms with van der Waals surface area (Å²) < 4.78 is 5.61. The van der Waals surface area contributed by atoms with E-state index in [1.165, 1.54) is 34.8 Å². The highest BCUT2D eigenvalue weighted by atomic mass is 32.1. The van der Waals surface area contributed by atoms with Crippen molar-refractivity contribution in [3.63, 3.8) is 0 Å². The van der Waals surface area contributed by atoms with Gasteiger partial charge in [-0.1, -0.05) is 5.92 Å². The Labute approximate surface area is 154 Å². The van der Waals surface area contributed by atoms with Gasteiger partial charge in [-0.25, -0.2) is 9.78 Å². The van der Waals surface area contributed by atoms with Gasteiger partial charge in [-0.3, -0.25) is 0 Å². The van der Waals surface area contributed by atoms with Crippen molar-refractivity contribution in [2.75, 3.05) is 26.2 Å². The zero-order chi connectivity index (χ0) is 17.5. The maximum absolute atomic E-state index is 12.3. The quantitative estimate of drug-likeness (QED) is 0.600. The molecule has 1 N–H and O–H groups in total. The van der Waals surface area contributed by atoms with E-state index in [2.05, 4.69) is 11.2 Å². The summed E-state index contributed by atoms with van der Waals surface area (Å²) in [6.45, 7) is 2.34. The minimum Gasteiger partial charge on any atom is -0.376 e. The number of thiazole rings is 1. The van der Waals surface area contributed by atoms with Crippen molar-refractivity contribution >= 4 is 17.4 Å². The molecular formula is C19H27N3O2S. The summed E-state index contributed by atoms with van der Waals surface area (Å²) in [5, 5.41) is 4.20. The first-order valence-corrected chi connectivity index (χ1v) is 10.1. The van der Waals surface area contributed by atoms with Crippen LogP contribution in [0.2, 0.25) is 0 Å². The summed E-state index contributed by atoms with van der Waals surface area (Å²) in [6, 6.07) is -0.0908. The van der Waals surface area contributed by atoms with Crippen LogP contribution in [0.1, 0.15) is 47.7 Å². The van der Waals surface area contributed by atoms with Crippen molar-refractivity contribution in [1.29, 1.82) is 0 Å². The Hall–Kier alpha value is -1.58. The van der Waals surface area contributed by atoms with Crippen molar-refractivity contribution in [2.45, 2.75) is 57.5 Å². The van der Waals surface area contributed by atoms with Gasteiger partial charge in [0.15, 0.2) is 0 Å². The molecule has 1 fully saturated rings. The Kier molecular flexibility index (Phi) is 6.71. The lowest BCUT2D eigenvalue weighted by molar-refractivity contribution is 0.0846. The van der Waals surface area contributed by atoms with Crippen LogP contribution in [0.5, 0.6) is 0 Å². The number of amides is 2. The zero-order valence-electron chi connectivity index (χ0n) is 14.8. The Balaban J connectivity index is 1.39. The lowest BCUT2D eigenvalue weighted by Crippen LogP contribution is -2.44. The third-order valence-corrected chi connectivity index (χ3v) is 5.97. The molecule has 6 heteroatoms. The highest BCUT2D eigenvalue weighted by Crippen LogP contribution is 2.27. The standard InChI is InChI=1S/C19H27N3O2S/c1-2-12-22(14-15-7-6-13-24-15)19(23)20-11-5-10-18-21-16-8-3-4-9-17(16)25-18/h1,15H,3-14H2,(H,20,23)/t15-/m0/s1. The molecule has 0 spiro atoms. The van der Waals surface area contributed by atoms with E-state index in [0.717, 1.165) is 38.7 Å². The number of hydrogen-bond donors (Lipinski definition) is 1. The van der Waals surface area contributed by atoms with E-state index in [-0.39, 0.29) is 12.1 Å². The van der Waals surface area contributed by atoms with Crippen LogP contribution in [0.15, 0.2) is 0 Å². The van der Waals surface area contributed by atoms with E-state index in [1.807, 2.05) is 11.3 Å². The molecule has 1 aliphatic heterocycles. The van der Waals surface area contributed by atoms with E-state index in [1.54, 1.807) is 4.90 Å². The summed E-state index contributed by atoms with van der Waals surface area (Å²) in [5.74, 6) is 2.57. The van der Waals surface area contributed by atoms with Gasteiger partial charge in [0.1, 0.15) is 0 Å². The Morgan fingerprint density at radius 3 is 3.04 bits per heavy atom. The predicted octanol–water partition coefficient (Wildman–Crippen LogP) is 2.78. The summed E-state index contributed by atoms with van der Waals surface area (Å²) >= 11 is 1.85. The van der Waals surface area contributed by atoms with E-state index >= 15 is 0 Å². The Bertz CT molecular complexity index is 593. The molecule has 0 unspecified atom stereocenters. The molecular weight excluding hydrogens is 334 g/mol. The normalized spacial score (nSPS) is 19.2. The monoisotopic (exact) mass is 361 g/mol. The van der Waals surface area contributed by atoms with Crippen LogP contribution in [-0.2, 0) is 24.0 Å². The van der Waals surface area contributed by atoms with Gasteiger partial charge in [0, 0.05) is 31.0 Å². The molecule has 2 amide bonds. The van der Waals surface area contributed by atoms with Crippen LogP contribution >= 0.6 is 11.3 Å². The third-order valence-electron chi connectivity index (χ3n) is 4.75. The molecule has 0 aromatic carbocycles. The van der Waals surface area contributed by atoms with Crippen LogP contribution in [-0.4, -0.2) is 48.3 Å². The van der Waals surface area contributed by atoms with E-state index < -0.39 is 0 Å². The Morgan fingerprint density at radius 2 is 2.28 bits per heavy atom. The highest BCUT2D eigenvalue weighted by molar-refractivity contribution is 7.11. The van der Waals surface area contributed by atoms with Crippen LogP contribution in [0, 0.1) is 12.3 Å². The van der Waals surface area contributed by atoms with Gasteiger partial charge in [-0.2, -0.15) is 0 Å². The van der Waals surface area contributed by atoms with E-state index in [0.29, 0.717) is 19.6 Å². The first-order chi connectivity index (χ1) is 12.3. The molecule has 2 aliphatic rings. The number of nitrogens with one attached hydrogen (secondary N) is 1. The molecule has 0 saturated carbocycles. The molecule has 1 saturated heterocycles. The zero-order valence-corrected chi connectivity index (χ0v) is 15.6. The van der Waals surface area contributed by atoms with Gasteiger partial charge >= 0.3 is 6.03 Å². The number of fused-ring (bicyclic) bond motifs is 1. The largest absolute Gasteiger partial charge is 0.376 e. The fourth-order valence-electron chi connectivity index (χ4n) is 3.42. The number of terminal acetylenes is 1. The number of aryl methyl sites for hydroxylation is 3. The number of carbonyl (C=O) groups is 1. The molecule has 1 atom stereocenters. The average Bonchev–Trinajstić information content (AvgIpc) is 3.27. The molecule has 2 heterocycles. The number of hydrogen-bond acceptors (Lipinski definition) is 4. The fourth-order valence-corrected chi connectivity index (χ4v) is 4.62. The van der Waals surface area contributed by atoms with E-state index in [4.69, 9.17) is 16.1 Å². The van der Waals surface area contributed by atoms with Crippen molar-refractivity contribution in [3.05, 3.63) is 15.6 Å². The molecule has 1 aromatic heterocycles. The summed E-state index contributed by atoms with van der Waals surface area (Å²) in [4.78, 5) is 20.2. The fraction of sp³-hybridized carbons (Fsp3) is 0.684. The molecule has 3 rings (SSSR count). The lowest BCUT2D eigenvalue weighted by atomic mass is 10.0. The smallest absolute Gasteiger partial charge is 0.318 e. The van der Waals surface area contributed by atoms with Crippen LogP contribution in [0.3, 0.4) is 0 Å². The van der Waals surface area contributed by atoms with Crippen molar-refractivity contribution < 1.29 is 9.53 Å². The Morgan fingerprint density at radius 1 is 1.40 bits per heavy atom. The van der Waals surface area contributed by atoms with Crippen molar-refractivity contribution in [3.8, 4) is 12.3 Å². The molecule has 5 nitrogen and oxygen atoms in total. The average molecular weight is 362 g/mol. The molecule has 0 radical (unpaired) electrons. The second-order valence-corrected chi connectivity index (χ2v) is 7.91. The molecule has 0 bridgehead atoms. The maximum atomic E-state index is 12.3. The predicted molar refractivity (Wildman–Crippen MR) is 99.9 cm³/mol. The number of nitrogens with zero attached hydrogens (tertiary/aromatic N) is 2. The van der Waals surface area contributed by atoms with Crippen molar-refractivity contribution in [2.24, 2.45) is 0 Å². The summed E-state index contributed by atoms with van der Waals surface area (Å²) in [5.41, 5.74) is 1.31. The van der Waals surface area contributed by atoms with Gasteiger partial charge < -0.3 is 15.0 Å². The second-order valence-electron chi connectivity index (χ2n) is 6.74. The number of ether oxygens (including phenoxy) is 1. The first-order valence-electron chi connectivity index (χ1n) is 9.31. The van der Waals surface area contributed by atoms with Crippen LogP contribution in [0.4, 0.5) is 4.79 Å². The topological polar surface area (TPSA) is 54.5 Å². The second kappa shape index (κ2) is 9.21. The van der Waals surface area contributed by atoms with E-state index in [9.17, 15) is 4.79 Å². The molecule has 136 valence electrons.